The Bertz CT molecular complexity index is 1450. The Hall–Kier alpha value is -4.60. The van der Waals surface area contributed by atoms with Gasteiger partial charge in [-0.2, -0.15) is 0 Å². The molecular weight excluding hydrogens is 510 g/mol. The Labute approximate surface area is 233 Å². The maximum atomic E-state index is 14.2. The molecular formula is C30H35N5O5. The standard InChI is InChI=1S/C30H35N5O5/c1-20(2)16-17-31-30(37)29(21-10-15-26(39-4)27(18-21)40-5)35(22-11-13-23(38-3)14-12-22)28(36)19-34-25-9-7-6-8-24(25)32-33-34/h6-15,18,20,29H,16-17,19H2,1-5H3,(H,31,37). The molecule has 3 aromatic carbocycles. The van der Waals surface area contributed by atoms with E-state index in [-0.39, 0.29) is 18.4 Å². The third-order valence-corrected chi connectivity index (χ3v) is 6.58. The summed E-state index contributed by atoms with van der Waals surface area (Å²) in [5.41, 5.74) is 2.48. The van der Waals surface area contributed by atoms with Crippen LogP contribution in [0.3, 0.4) is 0 Å². The summed E-state index contributed by atoms with van der Waals surface area (Å²) in [5.74, 6) is 1.33. The van der Waals surface area contributed by atoms with Crippen molar-refractivity contribution < 1.29 is 23.8 Å². The van der Waals surface area contributed by atoms with E-state index in [1.807, 2.05) is 24.3 Å². The van der Waals surface area contributed by atoms with Crippen LogP contribution >= 0.6 is 0 Å². The van der Waals surface area contributed by atoms with Crippen LogP contribution in [0.1, 0.15) is 31.9 Å². The number of para-hydroxylation sites is 1. The number of rotatable bonds is 12. The molecule has 4 rings (SSSR count). The first-order valence-electron chi connectivity index (χ1n) is 13.1. The number of anilines is 1. The molecule has 0 aliphatic heterocycles. The summed E-state index contributed by atoms with van der Waals surface area (Å²) in [6.45, 7) is 4.52. The van der Waals surface area contributed by atoms with Gasteiger partial charge in [-0.15, -0.1) is 5.10 Å². The smallest absolute Gasteiger partial charge is 0.249 e. The van der Waals surface area contributed by atoms with Crippen molar-refractivity contribution in [3.05, 3.63) is 72.3 Å². The van der Waals surface area contributed by atoms with Gasteiger partial charge in [-0.1, -0.05) is 37.3 Å². The van der Waals surface area contributed by atoms with Gasteiger partial charge in [0.05, 0.1) is 26.8 Å². The molecule has 4 aromatic rings. The van der Waals surface area contributed by atoms with Gasteiger partial charge in [0.15, 0.2) is 11.5 Å². The Morgan fingerprint density at radius 3 is 2.33 bits per heavy atom. The number of methoxy groups -OCH3 is 3. The SMILES string of the molecule is COc1ccc(N(C(=O)Cn2nnc3ccccc32)C(C(=O)NCCC(C)C)c2ccc(OC)c(OC)c2)cc1. The van der Waals surface area contributed by atoms with E-state index in [1.54, 1.807) is 56.7 Å². The minimum absolute atomic E-state index is 0.129. The second-order valence-corrected chi connectivity index (χ2v) is 9.69. The molecule has 0 aliphatic rings. The van der Waals surface area contributed by atoms with Crippen LogP contribution in [-0.2, 0) is 16.1 Å². The minimum Gasteiger partial charge on any atom is -0.497 e. The van der Waals surface area contributed by atoms with E-state index in [0.717, 1.165) is 11.9 Å². The summed E-state index contributed by atoms with van der Waals surface area (Å²) >= 11 is 0. The van der Waals surface area contributed by atoms with Crippen molar-refractivity contribution in [2.75, 3.05) is 32.8 Å². The highest BCUT2D eigenvalue weighted by Crippen LogP contribution is 2.35. The van der Waals surface area contributed by atoms with Crippen molar-refractivity contribution in [1.29, 1.82) is 0 Å². The van der Waals surface area contributed by atoms with Crippen LogP contribution in [0.25, 0.3) is 11.0 Å². The van der Waals surface area contributed by atoms with E-state index in [1.165, 1.54) is 16.7 Å². The van der Waals surface area contributed by atoms with Crippen LogP contribution in [0.15, 0.2) is 66.7 Å². The predicted molar refractivity (Wildman–Crippen MR) is 153 cm³/mol. The van der Waals surface area contributed by atoms with E-state index < -0.39 is 6.04 Å². The number of benzene rings is 3. The average molecular weight is 546 g/mol. The topological polar surface area (TPSA) is 108 Å². The molecule has 1 aromatic heterocycles. The van der Waals surface area contributed by atoms with E-state index in [2.05, 4.69) is 29.5 Å². The summed E-state index contributed by atoms with van der Waals surface area (Å²) < 4.78 is 17.8. The van der Waals surface area contributed by atoms with E-state index in [9.17, 15) is 9.59 Å². The molecule has 1 heterocycles. The Morgan fingerprint density at radius 2 is 1.65 bits per heavy atom. The number of carbonyl (C=O) groups excluding carboxylic acids is 2. The van der Waals surface area contributed by atoms with Crippen LogP contribution in [0.4, 0.5) is 5.69 Å². The number of aromatic nitrogens is 3. The van der Waals surface area contributed by atoms with Gasteiger partial charge in [0.25, 0.3) is 0 Å². The van der Waals surface area contributed by atoms with Gasteiger partial charge in [0, 0.05) is 12.2 Å². The van der Waals surface area contributed by atoms with E-state index >= 15 is 0 Å². The van der Waals surface area contributed by atoms with Crippen molar-refractivity contribution >= 4 is 28.5 Å². The number of amides is 2. The van der Waals surface area contributed by atoms with E-state index in [4.69, 9.17) is 14.2 Å². The average Bonchev–Trinajstić information content (AvgIpc) is 3.37. The molecule has 210 valence electrons. The number of hydrogen-bond donors (Lipinski definition) is 1. The normalized spacial score (nSPS) is 11.8. The Morgan fingerprint density at radius 1 is 0.925 bits per heavy atom. The first-order chi connectivity index (χ1) is 19.4. The number of carbonyl (C=O) groups is 2. The lowest BCUT2D eigenvalue weighted by Gasteiger charge is -2.32. The third kappa shape index (κ3) is 6.33. The lowest BCUT2D eigenvalue weighted by atomic mass is 10.0. The fourth-order valence-corrected chi connectivity index (χ4v) is 4.44. The largest absolute Gasteiger partial charge is 0.497 e. The first kappa shape index (κ1) is 28.4. The van der Waals surface area contributed by atoms with Gasteiger partial charge in [0.2, 0.25) is 11.8 Å². The lowest BCUT2D eigenvalue weighted by molar-refractivity contribution is -0.127. The fraction of sp³-hybridized carbons (Fsp3) is 0.333. The Kier molecular flexibility index (Phi) is 9.21. The van der Waals surface area contributed by atoms with Crippen molar-refractivity contribution in [1.82, 2.24) is 20.3 Å². The van der Waals surface area contributed by atoms with Gasteiger partial charge >= 0.3 is 0 Å². The van der Waals surface area contributed by atoms with Crippen LogP contribution < -0.4 is 24.4 Å². The van der Waals surface area contributed by atoms with Crippen LogP contribution in [-0.4, -0.2) is 54.7 Å². The zero-order valence-corrected chi connectivity index (χ0v) is 23.5. The molecule has 10 nitrogen and oxygen atoms in total. The summed E-state index contributed by atoms with van der Waals surface area (Å²) in [6.07, 6.45) is 0.797. The van der Waals surface area contributed by atoms with Gasteiger partial charge in [0.1, 0.15) is 23.9 Å². The van der Waals surface area contributed by atoms with Crippen LogP contribution in [0, 0.1) is 5.92 Å². The fourth-order valence-electron chi connectivity index (χ4n) is 4.44. The zero-order chi connectivity index (χ0) is 28.6. The minimum atomic E-state index is -1.01. The summed E-state index contributed by atoms with van der Waals surface area (Å²) in [4.78, 5) is 29.5. The number of nitrogens with one attached hydrogen (secondary N) is 1. The molecule has 0 saturated heterocycles. The summed E-state index contributed by atoms with van der Waals surface area (Å²) in [6, 6.07) is 18.6. The molecule has 1 N–H and O–H groups in total. The van der Waals surface area contributed by atoms with E-state index in [0.29, 0.717) is 46.5 Å². The molecule has 0 bridgehead atoms. The maximum absolute atomic E-state index is 14.2. The molecule has 2 amide bonds. The lowest BCUT2D eigenvalue weighted by Crippen LogP contribution is -2.45. The van der Waals surface area contributed by atoms with Gasteiger partial charge in [-0.25, -0.2) is 4.68 Å². The summed E-state index contributed by atoms with van der Waals surface area (Å²) in [7, 11) is 4.65. The molecule has 10 heteroatoms. The second kappa shape index (κ2) is 13.0. The quantitative estimate of drug-likeness (QED) is 0.281. The van der Waals surface area contributed by atoms with Gasteiger partial charge in [-0.3, -0.25) is 14.5 Å². The molecule has 0 fully saturated rings. The second-order valence-electron chi connectivity index (χ2n) is 9.69. The van der Waals surface area contributed by atoms with Crippen LogP contribution in [0.2, 0.25) is 0 Å². The predicted octanol–water partition coefficient (Wildman–Crippen LogP) is 4.39. The first-order valence-corrected chi connectivity index (χ1v) is 13.1. The molecule has 1 atom stereocenters. The molecule has 0 aliphatic carbocycles. The molecule has 0 radical (unpaired) electrons. The summed E-state index contributed by atoms with van der Waals surface area (Å²) in [5, 5.41) is 11.4. The van der Waals surface area contributed by atoms with Gasteiger partial charge < -0.3 is 19.5 Å². The monoisotopic (exact) mass is 545 g/mol. The van der Waals surface area contributed by atoms with Crippen molar-refractivity contribution in [2.24, 2.45) is 5.92 Å². The Balaban J connectivity index is 1.81. The number of nitrogens with zero attached hydrogens (tertiary/aromatic N) is 4. The molecule has 0 spiro atoms. The third-order valence-electron chi connectivity index (χ3n) is 6.58. The highest BCUT2D eigenvalue weighted by atomic mass is 16.5. The van der Waals surface area contributed by atoms with Crippen molar-refractivity contribution in [3.8, 4) is 17.2 Å². The van der Waals surface area contributed by atoms with Gasteiger partial charge in [-0.05, 0) is 66.4 Å². The number of ether oxygens (including phenoxy) is 3. The zero-order valence-electron chi connectivity index (χ0n) is 23.5. The van der Waals surface area contributed by atoms with Crippen LogP contribution in [0.5, 0.6) is 17.2 Å². The molecule has 1 unspecified atom stereocenters. The maximum Gasteiger partial charge on any atom is 0.249 e. The highest BCUT2D eigenvalue weighted by molar-refractivity contribution is 6.01. The highest BCUT2D eigenvalue weighted by Gasteiger charge is 2.34. The number of fused-ring (bicyclic) bond motifs is 1. The van der Waals surface area contributed by atoms with Crippen molar-refractivity contribution in [3.63, 3.8) is 0 Å². The molecule has 0 saturated carbocycles. The number of hydrogen-bond acceptors (Lipinski definition) is 7. The molecule has 40 heavy (non-hydrogen) atoms. The van der Waals surface area contributed by atoms with Crippen molar-refractivity contribution in [2.45, 2.75) is 32.9 Å².